The predicted octanol–water partition coefficient (Wildman–Crippen LogP) is 4.37. The molecular weight excluding hydrogens is 352 g/mol. The largest absolute Gasteiger partial charge is 0.465 e. The molecule has 28 heavy (non-hydrogen) atoms. The van der Waals surface area contributed by atoms with Gasteiger partial charge in [0.15, 0.2) is 0 Å². The summed E-state index contributed by atoms with van der Waals surface area (Å²) in [6.45, 7) is 3.93. The van der Waals surface area contributed by atoms with Crippen molar-refractivity contribution in [2.75, 3.05) is 11.9 Å². The molecule has 140 valence electrons. The van der Waals surface area contributed by atoms with Crippen LogP contribution in [0.4, 0.5) is 5.69 Å². The first kappa shape index (κ1) is 18.9. The second kappa shape index (κ2) is 9.19. The molecule has 0 atom stereocenters. The number of furan rings is 1. The van der Waals surface area contributed by atoms with Crippen molar-refractivity contribution in [1.29, 1.82) is 0 Å². The van der Waals surface area contributed by atoms with Crippen LogP contribution in [0.15, 0.2) is 90.1 Å². The molecule has 5 heteroatoms. The summed E-state index contributed by atoms with van der Waals surface area (Å²) < 4.78 is 5.36. The van der Waals surface area contributed by atoms with E-state index in [0.717, 1.165) is 5.56 Å². The van der Waals surface area contributed by atoms with Crippen molar-refractivity contribution >= 4 is 29.2 Å². The van der Waals surface area contributed by atoms with E-state index in [1.807, 2.05) is 30.3 Å². The van der Waals surface area contributed by atoms with Crippen molar-refractivity contribution in [3.63, 3.8) is 0 Å². The van der Waals surface area contributed by atoms with Gasteiger partial charge in [-0.1, -0.05) is 48.5 Å². The predicted molar refractivity (Wildman–Crippen MR) is 111 cm³/mol. The second-order valence-corrected chi connectivity index (χ2v) is 5.94. The molecule has 3 rings (SSSR count). The van der Waals surface area contributed by atoms with E-state index < -0.39 is 0 Å². The Morgan fingerprint density at radius 3 is 2.43 bits per heavy atom. The van der Waals surface area contributed by atoms with Gasteiger partial charge in [-0.25, -0.2) is 0 Å². The lowest BCUT2D eigenvalue weighted by molar-refractivity contribution is -0.111. The van der Waals surface area contributed by atoms with E-state index in [2.05, 4.69) is 17.2 Å². The molecule has 0 radical (unpaired) electrons. The molecule has 2 N–H and O–H groups in total. The Bertz CT molecular complexity index is 990. The lowest BCUT2D eigenvalue weighted by Gasteiger charge is -2.13. The summed E-state index contributed by atoms with van der Waals surface area (Å²) in [7, 11) is 0. The molecular formula is C23H20N2O3. The highest BCUT2D eigenvalue weighted by Crippen LogP contribution is 2.22. The number of amides is 2. The fraction of sp³-hybridized carbons (Fsp3) is 0.0435. The fourth-order valence-corrected chi connectivity index (χ4v) is 2.65. The van der Waals surface area contributed by atoms with Crippen LogP contribution in [0.5, 0.6) is 0 Å². The van der Waals surface area contributed by atoms with Gasteiger partial charge in [-0.3, -0.25) is 9.59 Å². The fourth-order valence-electron chi connectivity index (χ4n) is 2.65. The SMILES string of the molecule is C=CCNC(=O)c1ccccc1NC(=O)/C(=C/c1ccco1)c1ccccc1. The maximum atomic E-state index is 13.1. The first-order valence-corrected chi connectivity index (χ1v) is 8.79. The lowest BCUT2D eigenvalue weighted by Crippen LogP contribution is -2.25. The van der Waals surface area contributed by atoms with Gasteiger partial charge in [0.2, 0.25) is 0 Å². The van der Waals surface area contributed by atoms with E-state index >= 15 is 0 Å². The minimum absolute atomic E-state index is 0.285. The molecule has 3 aromatic rings. The summed E-state index contributed by atoms with van der Waals surface area (Å²) in [5, 5.41) is 5.56. The average molecular weight is 372 g/mol. The number of carbonyl (C=O) groups excluding carboxylic acids is 2. The number of carbonyl (C=O) groups is 2. The molecule has 0 spiro atoms. The van der Waals surface area contributed by atoms with Gasteiger partial charge >= 0.3 is 0 Å². The van der Waals surface area contributed by atoms with Crippen LogP contribution in [0.25, 0.3) is 11.6 Å². The summed E-state index contributed by atoms with van der Waals surface area (Å²) in [5.74, 6) is -0.0651. The van der Waals surface area contributed by atoms with Crippen LogP contribution in [-0.4, -0.2) is 18.4 Å². The van der Waals surface area contributed by atoms with Gasteiger partial charge in [-0.2, -0.15) is 0 Å². The number of anilines is 1. The standard InChI is InChI=1S/C23H20N2O3/c1-2-14-24-22(26)19-12-6-7-13-21(19)25-23(27)20(16-18-11-8-15-28-18)17-9-4-3-5-10-17/h2-13,15-16H,1,14H2,(H,24,26)(H,25,27)/b20-16+. The summed E-state index contributed by atoms with van der Waals surface area (Å²) in [6, 6.07) is 19.7. The van der Waals surface area contributed by atoms with Crippen LogP contribution in [0.3, 0.4) is 0 Å². The summed E-state index contributed by atoms with van der Waals surface area (Å²) in [5.41, 5.74) is 1.97. The van der Waals surface area contributed by atoms with Gasteiger partial charge in [0.1, 0.15) is 5.76 Å². The molecule has 2 amide bonds. The molecule has 0 bridgehead atoms. The van der Waals surface area contributed by atoms with Gasteiger partial charge < -0.3 is 15.1 Å². The van der Waals surface area contributed by atoms with E-state index in [1.165, 1.54) is 0 Å². The number of nitrogens with one attached hydrogen (secondary N) is 2. The van der Waals surface area contributed by atoms with Crippen LogP contribution in [0, 0.1) is 0 Å². The third-order valence-corrected chi connectivity index (χ3v) is 3.99. The molecule has 0 unspecified atom stereocenters. The molecule has 1 aromatic heterocycles. The third kappa shape index (κ3) is 4.65. The van der Waals surface area contributed by atoms with Crippen LogP contribution in [0.1, 0.15) is 21.7 Å². The second-order valence-electron chi connectivity index (χ2n) is 5.94. The van der Waals surface area contributed by atoms with Gasteiger partial charge in [-0.15, -0.1) is 6.58 Å². The number of hydrogen-bond donors (Lipinski definition) is 2. The molecule has 2 aromatic carbocycles. The zero-order chi connectivity index (χ0) is 19.8. The van der Waals surface area contributed by atoms with Gasteiger partial charge in [0.25, 0.3) is 11.8 Å². The molecule has 0 saturated carbocycles. The summed E-state index contributed by atoms with van der Waals surface area (Å²) in [6.07, 6.45) is 4.81. The van der Waals surface area contributed by atoms with E-state index in [0.29, 0.717) is 29.1 Å². The summed E-state index contributed by atoms with van der Waals surface area (Å²) in [4.78, 5) is 25.4. The lowest BCUT2D eigenvalue weighted by atomic mass is 10.0. The normalized spacial score (nSPS) is 10.9. The number of hydrogen-bond acceptors (Lipinski definition) is 3. The molecule has 1 heterocycles. The zero-order valence-electron chi connectivity index (χ0n) is 15.2. The maximum Gasteiger partial charge on any atom is 0.256 e. The Hall–Kier alpha value is -3.86. The molecule has 0 fully saturated rings. The number of benzene rings is 2. The van der Waals surface area contributed by atoms with Crippen molar-refractivity contribution in [2.24, 2.45) is 0 Å². The molecule has 5 nitrogen and oxygen atoms in total. The van der Waals surface area contributed by atoms with E-state index in [1.54, 1.807) is 54.8 Å². The van der Waals surface area contributed by atoms with Crippen LogP contribution in [0.2, 0.25) is 0 Å². The minimum atomic E-state index is -0.341. The molecule has 0 aliphatic carbocycles. The molecule has 0 aliphatic rings. The minimum Gasteiger partial charge on any atom is -0.465 e. The smallest absolute Gasteiger partial charge is 0.256 e. The Balaban J connectivity index is 1.91. The van der Waals surface area contributed by atoms with Crippen LogP contribution in [-0.2, 0) is 4.79 Å². The number of para-hydroxylation sites is 1. The highest BCUT2D eigenvalue weighted by Gasteiger charge is 2.17. The van der Waals surface area contributed by atoms with Crippen LogP contribution >= 0.6 is 0 Å². The molecule has 0 aliphatic heterocycles. The highest BCUT2D eigenvalue weighted by atomic mass is 16.3. The monoisotopic (exact) mass is 372 g/mol. The Kier molecular flexibility index (Phi) is 6.21. The van der Waals surface area contributed by atoms with Crippen LogP contribution < -0.4 is 10.6 Å². The third-order valence-electron chi connectivity index (χ3n) is 3.99. The Morgan fingerprint density at radius 1 is 0.964 bits per heavy atom. The Morgan fingerprint density at radius 2 is 1.71 bits per heavy atom. The van der Waals surface area contributed by atoms with Crippen molar-refractivity contribution in [3.05, 3.63) is 103 Å². The van der Waals surface area contributed by atoms with Crippen molar-refractivity contribution in [1.82, 2.24) is 5.32 Å². The van der Waals surface area contributed by atoms with Crippen molar-refractivity contribution in [2.45, 2.75) is 0 Å². The number of rotatable bonds is 7. The topological polar surface area (TPSA) is 71.3 Å². The van der Waals surface area contributed by atoms with Gasteiger partial charge in [0.05, 0.1) is 23.1 Å². The molecule has 0 saturated heterocycles. The van der Waals surface area contributed by atoms with Crippen molar-refractivity contribution in [3.8, 4) is 0 Å². The van der Waals surface area contributed by atoms with E-state index in [-0.39, 0.29) is 11.8 Å². The van der Waals surface area contributed by atoms with E-state index in [9.17, 15) is 9.59 Å². The van der Waals surface area contributed by atoms with Crippen molar-refractivity contribution < 1.29 is 14.0 Å². The Labute approximate surface area is 163 Å². The summed E-state index contributed by atoms with van der Waals surface area (Å²) >= 11 is 0. The van der Waals surface area contributed by atoms with Gasteiger partial charge in [-0.05, 0) is 35.9 Å². The quantitative estimate of drug-likeness (QED) is 0.478. The maximum absolute atomic E-state index is 13.1. The van der Waals surface area contributed by atoms with E-state index in [4.69, 9.17) is 4.42 Å². The van der Waals surface area contributed by atoms with Gasteiger partial charge in [0, 0.05) is 6.54 Å². The average Bonchev–Trinajstić information content (AvgIpc) is 3.24. The first-order valence-electron chi connectivity index (χ1n) is 8.79. The first-order chi connectivity index (χ1) is 13.7. The zero-order valence-corrected chi connectivity index (χ0v) is 15.2. The highest BCUT2D eigenvalue weighted by molar-refractivity contribution is 6.29.